The topological polar surface area (TPSA) is 109 Å². The lowest BCUT2D eigenvalue weighted by atomic mass is 10.1. The number of nitriles is 1. The molecule has 0 aromatic heterocycles. The molecule has 0 bridgehead atoms. The van der Waals surface area contributed by atoms with Gasteiger partial charge < -0.3 is 19.9 Å². The summed E-state index contributed by atoms with van der Waals surface area (Å²) < 4.78 is 34.0. The molecule has 0 heterocycles. The second-order valence-electron chi connectivity index (χ2n) is 5.26. The van der Waals surface area contributed by atoms with Gasteiger partial charge in [0, 0.05) is 0 Å². The molecular formula is C19H14F2N2O5. The van der Waals surface area contributed by atoms with Gasteiger partial charge in [-0.3, -0.25) is 4.79 Å². The standard InChI is InChI=1S/C19H14F2N2O5/c1-27-16-9-11(6-7-15(16)28-19(20)21)8-12(10-22)17(24)23-14-5-3-2-4-13(14)18(25)26/h2-9,19H,1H3,(H,23,24)(H,25,26)/b12-8+. The number of ether oxygens (including phenoxy) is 2. The van der Waals surface area contributed by atoms with E-state index in [0.717, 1.165) is 0 Å². The first kappa shape index (κ1) is 20.4. The Kier molecular flexibility index (Phi) is 6.65. The average Bonchev–Trinajstić information content (AvgIpc) is 2.66. The fourth-order valence-corrected chi connectivity index (χ4v) is 2.25. The molecule has 0 atom stereocenters. The van der Waals surface area contributed by atoms with E-state index < -0.39 is 18.5 Å². The van der Waals surface area contributed by atoms with Crippen LogP contribution in [0.4, 0.5) is 14.5 Å². The van der Waals surface area contributed by atoms with Crippen LogP contribution in [0.25, 0.3) is 6.08 Å². The zero-order valence-corrected chi connectivity index (χ0v) is 14.5. The maximum atomic E-state index is 12.4. The van der Waals surface area contributed by atoms with Gasteiger partial charge in [-0.25, -0.2) is 4.79 Å². The number of carboxylic acid groups (broad SMARTS) is 1. The number of carboxylic acids is 1. The number of nitrogens with zero attached hydrogens (tertiary/aromatic N) is 1. The van der Waals surface area contributed by atoms with Gasteiger partial charge >= 0.3 is 12.6 Å². The van der Waals surface area contributed by atoms with Crippen molar-refractivity contribution in [2.24, 2.45) is 0 Å². The Labute approximate surface area is 158 Å². The molecule has 2 rings (SSSR count). The van der Waals surface area contributed by atoms with E-state index >= 15 is 0 Å². The van der Waals surface area contributed by atoms with E-state index in [2.05, 4.69) is 10.1 Å². The molecule has 0 aliphatic rings. The molecule has 28 heavy (non-hydrogen) atoms. The maximum absolute atomic E-state index is 12.4. The molecule has 0 fully saturated rings. The number of rotatable bonds is 7. The smallest absolute Gasteiger partial charge is 0.387 e. The first-order chi connectivity index (χ1) is 13.3. The summed E-state index contributed by atoms with van der Waals surface area (Å²) in [5.41, 5.74) is -0.121. The van der Waals surface area contributed by atoms with Gasteiger partial charge in [-0.1, -0.05) is 18.2 Å². The number of hydrogen-bond donors (Lipinski definition) is 2. The highest BCUT2D eigenvalue weighted by atomic mass is 19.3. The molecule has 0 aliphatic heterocycles. The molecule has 2 N–H and O–H groups in total. The van der Waals surface area contributed by atoms with Crippen molar-refractivity contribution in [2.45, 2.75) is 6.61 Å². The van der Waals surface area contributed by atoms with Gasteiger partial charge in [-0.2, -0.15) is 14.0 Å². The lowest BCUT2D eigenvalue weighted by molar-refractivity contribution is -0.112. The molecule has 7 nitrogen and oxygen atoms in total. The number of amides is 1. The summed E-state index contributed by atoms with van der Waals surface area (Å²) in [6.45, 7) is -3.04. The van der Waals surface area contributed by atoms with Crippen LogP contribution in [-0.2, 0) is 4.79 Å². The number of nitrogens with one attached hydrogen (secondary N) is 1. The van der Waals surface area contributed by atoms with Gasteiger partial charge in [0.2, 0.25) is 0 Å². The van der Waals surface area contributed by atoms with E-state index in [9.17, 15) is 23.6 Å². The van der Waals surface area contributed by atoms with Gasteiger partial charge in [0.1, 0.15) is 11.6 Å². The summed E-state index contributed by atoms with van der Waals surface area (Å²) in [6.07, 6.45) is 1.20. The van der Waals surface area contributed by atoms with Crippen molar-refractivity contribution < 1.29 is 33.0 Å². The SMILES string of the molecule is COc1cc(/C=C(\C#N)C(=O)Nc2ccccc2C(=O)O)ccc1OC(F)F. The Bertz CT molecular complexity index is 967. The first-order valence-corrected chi connectivity index (χ1v) is 7.74. The number of hydrogen-bond acceptors (Lipinski definition) is 5. The van der Waals surface area contributed by atoms with Crippen LogP contribution >= 0.6 is 0 Å². The van der Waals surface area contributed by atoms with Crippen LogP contribution in [0.2, 0.25) is 0 Å². The van der Waals surface area contributed by atoms with E-state index in [0.29, 0.717) is 5.56 Å². The predicted octanol–water partition coefficient (Wildman–Crippen LogP) is 3.54. The molecule has 0 spiro atoms. The van der Waals surface area contributed by atoms with Crippen molar-refractivity contribution in [2.75, 3.05) is 12.4 Å². The molecule has 0 saturated heterocycles. The number of para-hydroxylation sites is 1. The summed E-state index contributed by atoms with van der Waals surface area (Å²) >= 11 is 0. The number of carbonyl (C=O) groups excluding carboxylic acids is 1. The summed E-state index contributed by atoms with van der Waals surface area (Å²) in [4.78, 5) is 23.5. The Balaban J connectivity index is 2.30. The van der Waals surface area contributed by atoms with Crippen molar-refractivity contribution in [3.63, 3.8) is 0 Å². The number of alkyl halides is 2. The van der Waals surface area contributed by atoms with E-state index in [-0.39, 0.29) is 28.3 Å². The third-order valence-corrected chi connectivity index (χ3v) is 3.49. The van der Waals surface area contributed by atoms with E-state index in [1.165, 1.54) is 55.7 Å². The van der Waals surface area contributed by atoms with Crippen molar-refractivity contribution >= 4 is 23.6 Å². The van der Waals surface area contributed by atoms with E-state index in [1.54, 1.807) is 6.07 Å². The lowest BCUT2D eigenvalue weighted by Gasteiger charge is -2.10. The summed E-state index contributed by atoms with van der Waals surface area (Å²) in [7, 11) is 1.25. The minimum Gasteiger partial charge on any atom is -0.493 e. The van der Waals surface area contributed by atoms with Crippen molar-refractivity contribution in [1.29, 1.82) is 5.26 Å². The predicted molar refractivity (Wildman–Crippen MR) is 95.2 cm³/mol. The molecule has 0 radical (unpaired) electrons. The highest BCUT2D eigenvalue weighted by Crippen LogP contribution is 2.30. The lowest BCUT2D eigenvalue weighted by Crippen LogP contribution is -2.16. The van der Waals surface area contributed by atoms with Crippen molar-refractivity contribution in [1.82, 2.24) is 0 Å². The number of halogens is 2. The Morgan fingerprint density at radius 3 is 2.54 bits per heavy atom. The maximum Gasteiger partial charge on any atom is 0.387 e. The quantitative estimate of drug-likeness (QED) is 0.555. The minimum absolute atomic E-state index is 0.0111. The van der Waals surface area contributed by atoms with Crippen molar-refractivity contribution in [3.8, 4) is 17.6 Å². The fourth-order valence-electron chi connectivity index (χ4n) is 2.25. The van der Waals surface area contributed by atoms with Crippen LogP contribution in [0.3, 0.4) is 0 Å². The molecule has 2 aromatic carbocycles. The molecule has 0 unspecified atom stereocenters. The Hall–Kier alpha value is -3.93. The number of anilines is 1. The highest BCUT2D eigenvalue weighted by Gasteiger charge is 2.16. The number of aromatic carboxylic acids is 1. The number of benzene rings is 2. The Morgan fingerprint density at radius 2 is 1.93 bits per heavy atom. The molecule has 9 heteroatoms. The monoisotopic (exact) mass is 388 g/mol. The molecule has 144 valence electrons. The summed E-state index contributed by atoms with van der Waals surface area (Å²) in [5, 5.41) is 20.8. The van der Waals surface area contributed by atoms with Gasteiger partial charge in [-0.05, 0) is 35.9 Å². The van der Waals surface area contributed by atoms with E-state index in [1.807, 2.05) is 0 Å². The van der Waals surface area contributed by atoms with Crippen LogP contribution in [0.1, 0.15) is 15.9 Å². The second-order valence-corrected chi connectivity index (χ2v) is 5.26. The largest absolute Gasteiger partial charge is 0.493 e. The third-order valence-electron chi connectivity index (χ3n) is 3.49. The fraction of sp³-hybridized carbons (Fsp3) is 0.105. The van der Waals surface area contributed by atoms with Gasteiger partial charge in [0.05, 0.1) is 18.4 Å². The van der Waals surface area contributed by atoms with Crippen LogP contribution in [0, 0.1) is 11.3 Å². The highest BCUT2D eigenvalue weighted by molar-refractivity contribution is 6.11. The zero-order valence-electron chi connectivity index (χ0n) is 14.5. The summed E-state index contributed by atoms with van der Waals surface area (Å²) in [5.74, 6) is -2.28. The molecular weight excluding hydrogens is 374 g/mol. The van der Waals surface area contributed by atoms with Crippen LogP contribution in [0.5, 0.6) is 11.5 Å². The first-order valence-electron chi connectivity index (χ1n) is 7.74. The molecule has 1 amide bonds. The molecule has 0 saturated carbocycles. The number of carbonyl (C=O) groups is 2. The van der Waals surface area contributed by atoms with E-state index in [4.69, 9.17) is 9.84 Å². The molecule has 0 aliphatic carbocycles. The molecule has 2 aromatic rings. The summed E-state index contributed by atoms with van der Waals surface area (Å²) in [6, 6.07) is 11.3. The number of methoxy groups -OCH3 is 1. The van der Waals surface area contributed by atoms with Gasteiger partial charge in [0.25, 0.3) is 5.91 Å². The zero-order chi connectivity index (χ0) is 20.7. The Morgan fingerprint density at radius 1 is 1.21 bits per heavy atom. The van der Waals surface area contributed by atoms with Crippen LogP contribution in [0.15, 0.2) is 48.0 Å². The van der Waals surface area contributed by atoms with Gasteiger partial charge in [0.15, 0.2) is 11.5 Å². The third kappa shape index (κ3) is 5.04. The average molecular weight is 388 g/mol. The van der Waals surface area contributed by atoms with Crippen LogP contribution in [-0.4, -0.2) is 30.7 Å². The van der Waals surface area contributed by atoms with Gasteiger partial charge in [-0.15, -0.1) is 0 Å². The second kappa shape index (κ2) is 9.14. The van der Waals surface area contributed by atoms with Crippen molar-refractivity contribution in [3.05, 3.63) is 59.2 Å². The minimum atomic E-state index is -3.04. The van der Waals surface area contributed by atoms with Crippen LogP contribution < -0.4 is 14.8 Å². The normalized spacial score (nSPS) is 10.9.